The van der Waals surface area contributed by atoms with Crippen LogP contribution >= 0.6 is 0 Å². The topological polar surface area (TPSA) is 55.0 Å². The minimum Gasteiger partial charge on any atom is -0.329 e. The van der Waals surface area contributed by atoms with Gasteiger partial charge in [0.2, 0.25) is 0 Å². The number of rotatable bonds is 3. The number of likely N-dealkylation sites (N-methyl/N-ethyl adjacent to an activating group) is 1. The first-order chi connectivity index (χ1) is 5.75. The Morgan fingerprint density at radius 3 is 2.75 bits per heavy atom. The van der Waals surface area contributed by atoms with Crippen LogP contribution in [0.2, 0.25) is 0 Å². The van der Waals surface area contributed by atoms with Crippen LogP contribution in [0.1, 0.15) is 11.7 Å². The Balaban J connectivity index is 2.80. The lowest BCUT2D eigenvalue weighted by Crippen LogP contribution is -2.28. The molecular weight excluding hydrogens is 152 g/mol. The van der Waals surface area contributed by atoms with Crippen LogP contribution in [0.4, 0.5) is 0 Å². The highest BCUT2D eigenvalue weighted by Crippen LogP contribution is 2.11. The molecule has 66 valence electrons. The van der Waals surface area contributed by atoms with Crippen LogP contribution in [0.25, 0.3) is 0 Å². The summed E-state index contributed by atoms with van der Waals surface area (Å²) in [6.45, 7) is 0.561. The molecule has 1 atom stereocenters. The van der Waals surface area contributed by atoms with E-state index >= 15 is 0 Å². The van der Waals surface area contributed by atoms with Crippen molar-refractivity contribution >= 4 is 0 Å². The van der Waals surface area contributed by atoms with Gasteiger partial charge in [-0.1, -0.05) is 0 Å². The number of hydrogen-bond donors (Lipinski definition) is 1. The first-order valence-corrected chi connectivity index (χ1v) is 3.89. The molecule has 0 saturated carbocycles. The highest BCUT2D eigenvalue weighted by molar-refractivity contribution is 5.05. The SMILES string of the molecule is CN(C)C(CN)c1cccnn1. The second-order valence-corrected chi connectivity index (χ2v) is 2.86. The van der Waals surface area contributed by atoms with Gasteiger partial charge in [0.15, 0.2) is 0 Å². The summed E-state index contributed by atoms with van der Waals surface area (Å²) in [5, 5.41) is 7.80. The summed E-state index contributed by atoms with van der Waals surface area (Å²) in [5.74, 6) is 0. The fourth-order valence-corrected chi connectivity index (χ4v) is 1.09. The minimum absolute atomic E-state index is 0.165. The molecule has 0 amide bonds. The Hall–Kier alpha value is -1.00. The van der Waals surface area contributed by atoms with E-state index in [9.17, 15) is 0 Å². The molecule has 0 aliphatic heterocycles. The van der Waals surface area contributed by atoms with Gasteiger partial charge in [-0.05, 0) is 26.2 Å². The van der Waals surface area contributed by atoms with Crippen molar-refractivity contribution in [2.45, 2.75) is 6.04 Å². The Bertz CT molecular complexity index is 222. The molecule has 0 aromatic carbocycles. The lowest BCUT2D eigenvalue weighted by molar-refractivity contribution is 0.298. The molecule has 1 rings (SSSR count). The Morgan fingerprint density at radius 2 is 2.33 bits per heavy atom. The van der Waals surface area contributed by atoms with E-state index in [0.717, 1.165) is 5.69 Å². The van der Waals surface area contributed by atoms with E-state index in [-0.39, 0.29) is 6.04 Å². The Kier molecular flexibility index (Phi) is 3.13. The third-order valence-corrected chi connectivity index (χ3v) is 1.78. The van der Waals surface area contributed by atoms with Crippen molar-refractivity contribution in [1.29, 1.82) is 0 Å². The molecule has 2 N–H and O–H groups in total. The zero-order valence-electron chi connectivity index (χ0n) is 7.44. The van der Waals surface area contributed by atoms with Gasteiger partial charge >= 0.3 is 0 Å². The van der Waals surface area contributed by atoms with Crippen LogP contribution < -0.4 is 5.73 Å². The van der Waals surface area contributed by atoms with Crippen molar-refractivity contribution in [3.05, 3.63) is 24.0 Å². The van der Waals surface area contributed by atoms with Crippen molar-refractivity contribution in [2.75, 3.05) is 20.6 Å². The molecule has 0 aliphatic carbocycles. The lowest BCUT2D eigenvalue weighted by Gasteiger charge is -2.20. The van der Waals surface area contributed by atoms with Gasteiger partial charge in [-0.25, -0.2) is 0 Å². The van der Waals surface area contributed by atoms with Crippen LogP contribution in [0.3, 0.4) is 0 Å². The molecule has 0 saturated heterocycles. The van der Waals surface area contributed by atoms with E-state index in [1.807, 2.05) is 31.1 Å². The molecule has 1 heterocycles. The monoisotopic (exact) mass is 166 g/mol. The van der Waals surface area contributed by atoms with Crippen LogP contribution in [0.5, 0.6) is 0 Å². The maximum Gasteiger partial charge on any atom is 0.0815 e. The largest absolute Gasteiger partial charge is 0.329 e. The predicted octanol–water partition coefficient (Wildman–Crippen LogP) is 0.0380. The second kappa shape index (κ2) is 4.13. The summed E-state index contributed by atoms with van der Waals surface area (Å²) < 4.78 is 0. The number of hydrogen-bond acceptors (Lipinski definition) is 4. The molecule has 0 bridgehead atoms. The number of nitrogens with zero attached hydrogens (tertiary/aromatic N) is 3. The first-order valence-electron chi connectivity index (χ1n) is 3.89. The molecule has 12 heavy (non-hydrogen) atoms. The minimum atomic E-state index is 0.165. The third kappa shape index (κ3) is 1.99. The summed E-state index contributed by atoms with van der Waals surface area (Å²) in [6, 6.07) is 3.97. The predicted molar refractivity (Wildman–Crippen MR) is 47.5 cm³/mol. The molecule has 0 radical (unpaired) electrons. The van der Waals surface area contributed by atoms with Gasteiger partial charge in [0, 0.05) is 12.7 Å². The quantitative estimate of drug-likeness (QED) is 0.688. The second-order valence-electron chi connectivity index (χ2n) is 2.86. The van der Waals surface area contributed by atoms with Gasteiger partial charge in [-0.3, -0.25) is 4.90 Å². The zero-order valence-corrected chi connectivity index (χ0v) is 7.44. The van der Waals surface area contributed by atoms with E-state index in [2.05, 4.69) is 10.2 Å². The first kappa shape index (κ1) is 9.09. The van der Waals surface area contributed by atoms with E-state index in [0.29, 0.717) is 6.54 Å². The molecule has 0 aliphatic rings. The maximum absolute atomic E-state index is 5.60. The standard InChI is InChI=1S/C8H14N4/c1-12(2)8(6-9)7-4-3-5-10-11-7/h3-5,8H,6,9H2,1-2H3. The molecule has 0 fully saturated rings. The zero-order chi connectivity index (χ0) is 8.97. The molecule has 0 spiro atoms. The molecule has 1 unspecified atom stereocenters. The molecule has 4 nitrogen and oxygen atoms in total. The average molecular weight is 166 g/mol. The van der Waals surface area contributed by atoms with Crippen molar-refractivity contribution < 1.29 is 0 Å². The van der Waals surface area contributed by atoms with E-state index < -0.39 is 0 Å². The molecular formula is C8H14N4. The summed E-state index contributed by atoms with van der Waals surface area (Å²) in [7, 11) is 3.96. The highest BCUT2D eigenvalue weighted by atomic mass is 15.2. The highest BCUT2D eigenvalue weighted by Gasteiger charge is 2.12. The summed E-state index contributed by atoms with van der Waals surface area (Å²) in [6.07, 6.45) is 1.66. The van der Waals surface area contributed by atoms with Gasteiger partial charge in [0.1, 0.15) is 0 Å². The van der Waals surface area contributed by atoms with Gasteiger partial charge in [-0.2, -0.15) is 10.2 Å². The van der Waals surface area contributed by atoms with E-state index in [4.69, 9.17) is 5.73 Å². The van der Waals surface area contributed by atoms with Crippen molar-refractivity contribution in [2.24, 2.45) is 5.73 Å². The van der Waals surface area contributed by atoms with E-state index in [1.54, 1.807) is 6.20 Å². The number of aromatic nitrogens is 2. The molecule has 4 heteroatoms. The van der Waals surface area contributed by atoms with Crippen LogP contribution in [0.15, 0.2) is 18.3 Å². The number of nitrogens with two attached hydrogens (primary N) is 1. The summed E-state index contributed by atoms with van der Waals surface area (Å²) >= 11 is 0. The van der Waals surface area contributed by atoms with Crippen molar-refractivity contribution in [3.63, 3.8) is 0 Å². The average Bonchev–Trinajstić information content (AvgIpc) is 2.07. The van der Waals surface area contributed by atoms with Crippen LogP contribution in [-0.4, -0.2) is 35.7 Å². The summed E-state index contributed by atoms with van der Waals surface area (Å²) in [5.41, 5.74) is 6.52. The maximum atomic E-state index is 5.60. The lowest BCUT2D eigenvalue weighted by atomic mass is 10.2. The van der Waals surface area contributed by atoms with E-state index in [1.165, 1.54) is 0 Å². The third-order valence-electron chi connectivity index (χ3n) is 1.78. The normalized spacial score (nSPS) is 13.3. The van der Waals surface area contributed by atoms with Crippen molar-refractivity contribution in [3.8, 4) is 0 Å². The van der Waals surface area contributed by atoms with Gasteiger partial charge < -0.3 is 5.73 Å². The van der Waals surface area contributed by atoms with Gasteiger partial charge in [0.05, 0.1) is 11.7 Å². The Morgan fingerprint density at radius 1 is 1.58 bits per heavy atom. The van der Waals surface area contributed by atoms with Gasteiger partial charge in [-0.15, -0.1) is 0 Å². The molecule has 1 aromatic rings. The Labute approximate surface area is 72.4 Å². The van der Waals surface area contributed by atoms with Crippen LogP contribution in [0, 0.1) is 0 Å². The fraction of sp³-hybridized carbons (Fsp3) is 0.500. The molecule has 1 aromatic heterocycles. The van der Waals surface area contributed by atoms with Gasteiger partial charge in [0.25, 0.3) is 0 Å². The summed E-state index contributed by atoms with van der Waals surface area (Å²) in [4.78, 5) is 2.03. The van der Waals surface area contributed by atoms with Crippen LogP contribution in [-0.2, 0) is 0 Å². The smallest absolute Gasteiger partial charge is 0.0815 e. The van der Waals surface area contributed by atoms with Crippen molar-refractivity contribution in [1.82, 2.24) is 15.1 Å². The fourth-order valence-electron chi connectivity index (χ4n) is 1.09.